The Morgan fingerprint density at radius 2 is 2.09 bits per heavy atom. The minimum Gasteiger partial charge on any atom is -0.481 e. The fourth-order valence-electron chi connectivity index (χ4n) is 0.431. The van der Waals surface area contributed by atoms with Gasteiger partial charge in [0.05, 0.1) is 12.2 Å². The Morgan fingerprint density at radius 1 is 1.45 bits per heavy atom. The summed E-state index contributed by atoms with van der Waals surface area (Å²) in [6.45, 7) is 0. The monoisotopic (exact) mass is 173 g/mol. The quantitative estimate of drug-likeness (QED) is 0.617. The summed E-state index contributed by atoms with van der Waals surface area (Å²) < 4.78 is 0. The van der Waals surface area contributed by atoms with Crippen molar-refractivity contribution in [1.29, 1.82) is 5.26 Å². The first-order valence-electron chi connectivity index (χ1n) is 2.91. The Bertz CT molecular complexity index is 196. The molecule has 0 radical (unpaired) electrons. The fraction of sp³-hybridized carbons (Fsp3) is 0.500. The zero-order chi connectivity index (χ0) is 8.69. The predicted octanol–water partition coefficient (Wildman–Crippen LogP) is 0.635. The number of hydrogen-bond donors (Lipinski definition) is 1. The number of carbonyl (C=O) groups excluding carboxylic acids is 1. The molecule has 5 heteroatoms. The first-order chi connectivity index (χ1) is 5.16. The number of carboxylic acids is 1. The molecule has 0 rings (SSSR count). The average molecular weight is 173 g/mol. The van der Waals surface area contributed by atoms with Crippen LogP contribution in [0.4, 0.5) is 0 Å². The molecule has 0 bridgehead atoms. The normalized spacial score (nSPS) is 8.64. The third kappa shape index (κ3) is 6.87. The standard InChI is InChI=1S/C6H7NO3S/c7-4-11-3-5(8)1-2-6(9)10/h1-3H2,(H,9,10). The molecule has 0 aliphatic heterocycles. The van der Waals surface area contributed by atoms with Gasteiger partial charge in [-0.25, -0.2) is 0 Å². The molecule has 0 amide bonds. The van der Waals surface area contributed by atoms with Crippen LogP contribution in [-0.2, 0) is 9.59 Å². The van der Waals surface area contributed by atoms with Crippen molar-refractivity contribution in [3.05, 3.63) is 0 Å². The molecule has 0 aliphatic rings. The summed E-state index contributed by atoms with van der Waals surface area (Å²) in [4.78, 5) is 20.6. The third-order valence-electron chi connectivity index (χ3n) is 0.915. The number of thioether (sulfide) groups is 1. The molecule has 0 aromatic rings. The van der Waals surface area contributed by atoms with E-state index in [-0.39, 0.29) is 24.4 Å². The smallest absolute Gasteiger partial charge is 0.303 e. The van der Waals surface area contributed by atoms with Crippen LogP contribution in [0.1, 0.15) is 12.8 Å². The molecular formula is C6H7NO3S. The van der Waals surface area contributed by atoms with Crippen molar-refractivity contribution in [1.82, 2.24) is 0 Å². The highest BCUT2D eigenvalue weighted by molar-refractivity contribution is 8.04. The SMILES string of the molecule is N#CSCC(=O)CCC(=O)O. The Balaban J connectivity index is 3.39. The number of nitriles is 1. The number of ketones is 1. The highest BCUT2D eigenvalue weighted by atomic mass is 32.2. The zero-order valence-electron chi connectivity index (χ0n) is 5.74. The summed E-state index contributed by atoms with van der Waals surface area (Å²) in [6.07, 6.45) is -0.130. The van der Waals surface area contributed by atoms with Crippen molar-refractivity contribution in [2.75, 3.05) is 5.75 Å². The molecule has 0 aromatic carbocycles. The minimum atomic E-state index is -0.986. The summed E-state index contributed by atoms with van der Waals surface area (Å²) in [5.41, 5.74) is 0. The first-order valence-corrected chi connectivity index (χ1v) is 3.89. The van der Waals surface area contributed by atoms with Crippen molar-refractivity contribution in [2.45, 2.75) is 12.8 Å². The van der Waals surface area contributed by atoms with Crippen molar-refractivity contribution < 1.29 is 14.7 Å². The highest BCUT2D eigenvalue weighted by Crippen LogP contribution is 2.00. The summed E-state index contributed by atoms with van der Waals surface area (Å²) in [6, 6.07) is 0. The van der Waals surface area contributed by atoms with Crippen LogP contribution < -0.4 is 0 Å². The van der Waals surface area contributed by atoms with E-state index in [0.717, 1.165) is 11.8 Å². The first kappa shape index (κ1) is 9.98. The van der Waals surface area contributed by atoms with Crippen LogP contribution in [0, 0.1) is 10.7 Å². The molecule has 4 nitrogen and oxygen atoms in total. The number of rotatable bonds is 5. The van der Waals surface area contributed by atoms with Crippen LogP contribution in [-0.4, -0.2) is 22.6 Å². The van der Waals surface area contributed by atoms with Crippen molar-refractivity contribution in [2.24, 2.45) is 0 Å². The number of carboxylic acid groups (broad SMARTS) is 1. The van der Waals surface area contributed by atoms with E-state index >= 15 is 0 Å². The molecule has 60 valence electrons. The molecule has 0 atom stereocenters. The van der Waals surface area contributed by atoms with Crippen LogP contribution in [0.25, 0.3) is 0 Å². The summed E-state index contributed by atoms with van der Waals surface area (Å²) >= 11 is 0.831. The predicted molar refractivity (Wildman–Crippen MR) is 39.9 cm³/mol. The van der Waals surface area contributed by atoms with E-state index in [1.54, 1.807) is 5.40 Å². The third-order valence-corrected chi connectivity index (χ3v) is 1.51. The van der Waals surface area contributed by atoms with Gasteiger partial charge in [0.2, 0.25) is 0 Å². The molecule has 1 N–H and O–H groups in total. The van der Waals surface area contributed by atoms with Gasteiger partial charge < -0.3 is 5.11 Å². The van der Waals surface area contributed by atoms with E-state index in [2.05, 4.69) is 0 Å². The lowest BCUT2D eigenvalue weighted by atomic mass is 10.2. The van der Waals surface area contributed by atoms with Gasteiger partial charge in [0.15, 0.2) is 0 Å². The van der Waals surface area contributed by atoms with Gasteiger partial charge in [-0.1, -0.05) is 0 Å². The molecule has 0 fully saturated rings. The Hall–Kier alpha value is -1.02. The maximum atomic E-state index is 10.7. The molecule has 0 spiro atoms. The molecule has 11 heavy (non-hydrogen) atoms. The number of thiocyanates is 1. The lowest BCUT2D eigenvalue weighted by Crippen LogP contribution is -2.04. The van der Waals surface area contributed by atoms with Gasteiger partial charge in [-0.05, 0) is 11.8 Å². The number of aliphatic carboxylic acids is 1. The van der Waals surface area contributed by atoms with Crippen LogP contribution in [0.3, 0.4) is 0 Å². The van der Waals surface area contributed by atoms with E-state index in [0.29, 0.717) is 0 Å². The van der Waals surface area contributed by atoms with Gasteiger partial charge in [0.25, 0.3) is 0 Å². The topological polar surface area (TPSA) is 78.2 Å². The van der Waals surface area contributed by atoms with E-state index < -0.39 is 5.97 Å². The minimum absolute atomic E-state index is 0.0179. The molecule has 0 unspecified atom stereocenters. The second kappa shape index (κ2) is 5.74. The van der Waals surface area contributed by atoms with E-state index in [4.69, 9.17) is 10.4 Å². The Kier molecular flexibility index (Phi) is 5.21. The molecule has 0 aliphatic carbocycles. The van der Waals surface area contributed by atoms with Gasteiger partial charge in [-0.2, -0.15) is 5.26 Å². The van der Waals surface area contributed by atoms with Crippen LogP contribution in [0.5, 0.6) is 0 Å². The van der Waals surface area contributed by atoms with Gasteiger partial charge in [-0.15, -0.1) is 0 Å². The average Bonchev–Trinajstić information content (AvgIpc) is 1.97. The largest absolute Gasteiger partial charge is 0.481 e. The lowest BCUT2D eigenvalue weighted by molar-refractivity contribution is -0.138. The van der Waals surface area contributed by atoms with Gasteiger partial charge in [0.1, 0.15) is 11.2 Å². The second-order valence-corrected chi connectivity index (χ2v) is 2.57. The maximum Gasteiger partial charge on any atom is 0.303 e. The molecule has 0 heterocycles. The van der Waals surface area contributed by atoms with Crippen LogP contribution in [0.2, 0.25) is 0 Å². The Morgan fingerprint density at radius 3 is 2.55 bits per heavy atom. The van der Waals surface area contributed by atoms with Crippen molar-refractivity contribution in [3.63, 3.8) is 0 Å². The number of carbonyl (C=O) groups is 2. The second-order valence-electron chi connectivity index (χ2n) is 1.81. The molecule has 0 saturated carbocycles. The van der Waals surface area contributed by atoms with Gasteiger partial charge in [-0.3, -0.25) is 9.59 Å². The lowest BCUT2D eigenvalue weighted by Gasteiger charge is -1.91. The van der Waals surface area contributed by atoms with E-state index in [1.165, 1.54) is 0 Å². The van der Waals surface area contributed by atoms with E-state index in [1.807, 2.05) is 0 Å². The number of nitrogens with zero attached hydrogens (tertiary/aromatic N) is 1. The molecular weight excluding hydrogens is 166 g/mol. The maximum absolute atomic E-state index is 10.7. The summed E-state index contributed by atoms with van der Waals surface area (Å²) in [5, 5.41) is 17.9. The number of hydrogen-bond acceptors (Lipinski definition) is 4. The van der Waals surface area contributed by atoms with Crippen molar-refractivity contribution >= 4 is 23.5 Å². The summed E-state index contributed by atoms with van der Waals surface area (Å²) in [5.74, 6) is -1.09. The number of Topliss-reactive ketones (excluding diaryl/α,β-unsaturated/α-hetero) is 1. The van der Waals surface area contributed by atoms with Crippen LogP contribution >= 0.6 is 11.8 Å². The zero-order valence-corrected chi connectivity index (χ0v) is 6.56. The highest BCUT2D eigenvalue weighted by Gasteiger charge is 2.04. The molecule has 0 saturated heterocycles. The van der Waals surface area contributed by atoms with Crippen LogP contribution in [0.15, 0.2) is 0 Å². The van der Waals surface area contributed by atoms with Crippen molar-refractivity contribution in [3.8, 4) is 5.40 Å². The summed E-state index contributed by atoms with van der Waals surface area (Å²) in [7, 11) is 0. The molecule has 0 aromatic heterocycles. The fourth-order valence-corrected chi connectivity index (χ4v) is 0.801. The van der Waals surface area contributed by atoms with E-state index in [9.17, 15) is 9.59 Å². The van der Waals surface area contributed by atoms with Gasteiger partial charge >= 0.3 is 5.97 Å². The Labute approximate surface area is 68.2 Å². The van der Waals surface area contributed by atoms with Gasteiger partial charge in [0, 0.05) is 6.42 Å².